The van der Waals surface area contributed by atoms with Crippen LogP contribution in [0.3, 0.4) is 0 Å². The molecular weight excluding hydrogens is 769 g/mol. The second-order valence-corrected chi connectivity index (χ2v) is 14.4. The Morgan fingerprint density at radius 2 is 0.317 bits per heavy atom. The molecule has 0 unspecified atom stereocenters. The van der Waals surface area contributed by atoms with Gasteiger partial charge in [-0.15, -0.1) is 0 Å². The Balaban J connectivity index is 1.81. The number of carbonyl (C=O) groups is 6. The van der Waals surface area contributed by atoms with Crippen LogP contribution in [0.25, 0.3) is 0 Å². The summed E-state index contributed by atoms with van der Waals surface area (Å²) in [6.45, 7) is 0. The summed E-state index contributed by atoms with van der Waals surface area (Å²) in [7, 11) is 0. The Labute approximate surface area is 342 Å². The van der Waals surface area contributed by atoms with E-state index in [4.69, 9.17) is 0 Å². The van der Waals surface area contributed by atoms with E-state index in [0.717, 1.165) is 72.8 Å². The van der Waals surface area contributed by atoms with Crippen LogP contribution in [0.15, 0.2) is 182 Å². The third-order valence-electron chi connectivity index (χ3n) is 11.3. The van der Waals surface area contributed by atoms with Gasteiger partial charge in [0.2, 0.25) is 68.3 Å². The average molecular weight is 805 g/mol. The van der Waals surface area contributed by atoms with Gasteiger partial charge < -0.3 is 30.6 Å². The normalized spacial score (nSPS) is 27.3. The Morgan fingerprint density at radius 1 is 0.217 bits per heavy atom. The molecule has 6 N–H and O–H groups in total. The number of aliphatic hydroxyl groups is 6. The summed E-state index contributed by atoms with van der Waals surface area (Å²) in [6.07, 6.45) is 0. The molecule has 12 nitrogen and oxygen atoms in total. The van der Waals surface area contributed by atoms with Crippen LogP contribution < -0.4 is 0 Å². The Hall–Kier alpha value is -6.90. The molecule has 60 heavy (non-hydrogen) atoms. The molecule has 12 heteroatoms. The molecule has 1 saturated carbocycles. The number of carbonyl (C=O) groups excluding carboxylic acids is 6. The summed E-state index contributed by atoms with van der Waals surface area (Å²) in [5, 5.41) is 82.2. The lowest BCUT2D eigenvalue weighted by Gasteiger charge is -2.68. The molecule has 0 spiro atoms. The van der Waals surface area contributed by atoms with Crippen LogP contribution in [0, 0.1) is 0 Å². The third-order valence-corrected chi connectivity index (χ3v) is 11.3. The van der Waals surface area contributed by atoms with Gasteiger partial charge in [0.05, 0.1) is 0 Å². The molecule has 0 bridgehead atoms. The van der Waals surface area contributed by atoms with E-state index in [2.05, 4.69) is 0 Å². The van der Waals surface area contributed by atoms with E-state index in [0.29, 0.717) is 0 Å². The first-order chi connectivity index (χ1) is 28.6. The Bertz CT molecular complexity index is 2120. The van der Waals surface area contributed by atoms with Crippen molar-refractivity contribution in [3.8, 4) is 0 Å². The molecule has 0 amide bonds. The van der Waals surface area contributed by atoms with Crippen molar-refractivity contribution in [2.45, 2.75) is 33.6 Å². The minimum Gasteiger partial charge on any atom is -0.375 e. The van der Waals surface area contributed by atoms with Crippen LogP contribution in [0.2, 0.25) is 0 Å². The molecule has 0 atom stereocenters. The van der Waals surface area contributed by atoms with Crippen LogP contribution in [0.5, 0.6) is 0 Å². The van der Waals surface area contributed by atoms with E-state index in [1.807, 2.05) is 0 Å². The highest BCUT2D eigenvalue weighted by atomic mass is 16.5. The zero-order chi connectivity index (χ0) is 43.1. The van der Waals surface area contributed by atoms with Crippen LogP contribution >= 0.6 is 0 Å². The number of hydrogen-bond donors (Lipinski definition) is 6. The highest BCUT2D eigenvalue weighted by Gasteiger charge is 2.98. The molecule has 300 valence electrons. The zero-order valence-electron chi connectivity index (χ0n) is 31.5. The van der Waals surface area contributed by atoms with Crippen molar-refractivity contribution in [3.63, 3.8) is 0 Å². The van der Waals surface area contributed by atoms with Crippen molar-refractivity contribution in [1.29, 1.82) is 0 Å². The smallest absolute Gasteiger partial charge is 0.207 e. The van der Waals surface area contributed by atoms with Gasteiger partial charge in [-0.25, -0.2) is 0 Å². The molecule has 0 aromatic heterocycles. The summed E-state index contributed by atoms with van der Waals surface area (Å²) < 4.78 is 0. The van der Waals surface area contributed by atoms with Crippen LogP contribution in [0.1, 0.15) is 62.1 Å². The summed E-state index contributed by atoms with van der Waals surface area (Å²) in [5.41, 5.74) is -33.1. The SMILES string of the molecule is O=C(c1ccccc1)C1(O)C(O)(C(=O)c2ccccc2)C(O)(C(=O)c2ccccc2)C(O)(C(=O)c2ccccc2)C(O)(C(=O)c2ccccc2)C1(O)C(=O)c1ccccc1. The fourth-order valence-electron chi connectivity index (χ4n) is 8.33. The molecule has 0 aliphatic heterocycles. The van der Waals surface area contributed by atoms with E-state index >= 15 is 28.8 Å². The standard InChI is InChI=1S/C48H36O12/c49-37(31-19-7-1-8-20-31)43(55)44(56,38(50)32-21-9-2-10-22-32)46(58,40(52)34-25-13-4-14-26-34)48(60,42(54)36-29-17-6-18-30-36)47(59,41(53)35-27-15-5-16-28-35)45(43,57)39(51)33-23-11-3-12-24-33/h1-30,55-60H. The largest absolute Gasteiger partial charge is 0.375 e. The lowest BCUT2D eigenvalue weighted by Crippen LogP contribution is -3.02. The number of benzene rings is 6. The van der Waals surface area contributed by atoms with Crippen molar-refractivity contribution in [2.75, 3.05) is 0 Å². The van der Waals surface area contributed by atoms with Crippen LogP contribution in [-0.4, -0.2) is 98.9 Å². The summed E-state index contributed by atoms with van der Waals surface area (Å²) in [6, 6.07) is 35.5. The molecule has 6 aromatic rings. The first-order valence-electron chi connectivity index (χ1n) is 18.5. The molecule has 1 aliphatic rings. The van der Waals surface area contributed by atoms with E-state index < -0.39 is 102 Å². The molecule has 1 aliphatic carbocycles. The quantitative estimate of drug-likeness (QED) is 0.0976. The van der Waals surface area contributed by atoms with Gasteiger partial charge >= 0.3 is 0 Å². The molecule has 7 rings (SSSR count). The van der Waals surface area contributed by atoms with Crippen molar-refractivity contribution >= 4 is 34.7 Å². The third kappa shape index (κ3) is 5.33. The lowest BCUT2D eigenvalue weighted by molar-refractivity contribution is -0.354. The fraction of sp³-hybridized carbons (Fsp3) is 0.125. The van der Waals surface area contributed by atoms with Crippen molar-refractivity contribution < 1.29 is 59.4 Å². The topological polar surface area (TPSA) is 224 Å². The summed E-state index contributed by atoms with van der Waals surface area (Å²) in [4.78, 5) is 92.9. The first-order valence-corrected chi connectivity index (χ1v) is 18.5. The van der Waals surface area contributed by atoms with Crippen molar-refractivity contribution in [2.24, 2.45) is 0 Å². The lowest BCUT2D eigenvalue weighted by atomic mass is 9.38. The van der Waals surface area contributed by atoms with Crippen molar-refractivity contribution in [1.82, 2.24) is 0 Å². The predicted octanol–water partition coefficient (Wildman–Crippen LogP) is 3.68. The zero-order valence-corrected chi connectivity index (χ0v) is 31.5. The van der Waals surface area contributed by atoms with E-state index in [1.165, 1.54) is 109 Å². The number of ketones is 6. The maximum atomic E-state index is 15.5. The van der Waals surface area contributed by atoms with Gasteiger partial charge in [0, 0.05) is 33.4 Å². The molecule has 6 aromatic carbocycles. The van der Waals surface area contributed by atoms with Gasteiger partial charge in [0.1, 0.15) is 0 Å². The average Bonchev–Trinajstić information content (AvgIpc) is 3.32. The van der Waals surface area contributed by atoms with E-state index in [9.17, 15) is 30.6 Å². The summed E-state index contributed by atoms with van der Waals surface area (Å²) in [5.74, 6) is -12.0. The first kappa shape index (κ1) is 41.3. The molecule has 1 fully saturated rings. The molecular formula is C48H36O12. The molecule has 0 saturated heterocycles. The monoisotopic (exact) mass is 804 g/mol. The summed E-state index contributed by atoms with van der Waals surface area (Å²) >= 11 is 0. The second kappa shape index (κ2) is 15.0. The van der Waals surface area contributed by atoms with Gasteiger partial charge in [-0.3, -0.25) is 28.8 Å². The Morgan fingerprint density at radius 3 is 0.417 bits per heavy atom. The number of hydrogen-bond acceptors (Lipinski definition) is 12. The van der Waals surface area contributed by atoms with Gasteiger partial charge in [-0.2, -0.15) is 0 Å². The van der Waals surface area contributed by atoms with Gasteiger partial charge in [0.25, 0.3) is 0 Å². The van der Waals surface area contributed by atoms with Crippen LogP contribution in [-0.2, 0) is 0 Å². The van der Waals surface area contributed by atoms with E-state index in [-0.39, 0.29) is 0 Å². The van der Waals surface area contributed by atoms with Gasteiger partial charge in [-0.05, 0) is 0 Å². The van der Waals surface area contributed by atoms with Crippen LogP contribution in [0.4, 0.5) is 0 Å². The molecule has 0 heterocycles. The van der Waals surface area contributed by atoms with Crippen molar-refractivity contribution in [3.05, 3.63) is 215 Å². The maximum absolute atomic E-state index is 15.5. The van der Waals surface area contributed by atoms with E-state index in [1.54, 1.807) is 0 Å². The highest BCUT2D eigenvalue weighted by molar-refractivity contribution is 6.29. The number of rotatable bonds is 12. The number of Topliss-reactive ketones (excluding diaryl/α,β-unsaturated/α-hetero) is 6. The minimum absolute atomic E-state index is 0.706. The Kier molecular flexibility index (Phi) is 10.3. The second-order valence-electron chi connectivity index (χ2n) is 14.4. The minimum atomic E-state index is -4.80. The maximum Gasteiger partial charge on any atom is 0.207 e. The highest BCUT2D eigenvalue weighted by Crippen LogP contribution is 2.63. The van der Waals surface area contributed by atoms with Gasteiger partial charge in [0.15, 0.2) is 0 Å². The predicted molar refractivity (Wildman–Crippen MR) is 214 cm³/mol. The molecule has 0 radical (unpaired) electrons. The fourth-order valence-corrected chi connectivity index (χ4v) is 8.33. The van der Waals surface area contributed by atoms with Gasteiger partial charge in [-0.1, -0.05) is 182 Å².